The second-order valence-electron chi connectivity index (χ2n) is 9.41. The molecular weight excluding hydrogens is 446 g/mol. The monoisotopic (exact) mass is 471 g/mol. The first-order chi connectivity index (χ1) is 16.2. The zero-order chi connectivity index (χ0) is 24.1. The highest BCUT2D eigenvalue weighted by Crippen LogP contribution is 2.40. The van der Waals surface area contributed by atoms with Crippen LogP contribution in [0.1, 0.15) is 69.7 Å². The molecule has 0 fully saturated rings. The van der Waals surface area contributed by atoms with Crippen molar-refractivity contribution in [2.24, 2.45) is 0 Å². The maximum atomic E-state index is 13.7. The number of hydrogen-bond acceptors (Lipinski definition) is 3. The van der Waals surface area contributed by atoms with Gasteiger partial charge in [0.05, 0.1) is 17.0 Å². The number of carbonyl (C=O) groups is 1. The van der Waals surface area contributed by atoms with E-state index in [-0.39, 0.29) is 17.1 Å². The largest absolute Gasteiger partial charge is 0.450 e. The van der Waals surface area contributed by atoms with Crippen molar-refractivity contribution in [3.8, 4) is 0 Å². The molecule has 0 saturated heterocycles. The molecule has 4 nitrogen and oxygen atoms in total. The van der Waals surface area contributed by atoms with Crippen molar-refractivity contribution in [2.45, 2.75) is 46.2 Å². The Hall–Kier alpha value is -3.37. The first kappa shape index (κ1) is 22.4. The molecule has 1 aliphatic rings. The van der Waals surface area contributed by atoms with Gasteiger partial charge in [-0.3, -0.25) is 9.59 Å². The van der Waals surface area contributed by atoms with Gasteiger partial charge in [0.25, 0.3) is 5.91 Å². The maximum Gasteiger partial charge on any atom is 0.291 e. The fraction of sp³-hybridized carbons (Fsp3) is 0.241. The maximum absolute atomic E-state index is 13.7. The molecule has 34 heavy (non-hydrogen) atoms. The summed E-state index contributed by atoms with van der Waals surface area (Å²) in [5.41, 5.74) is 5.56. The van der Waals surface area contributed by atoms with Crippen LogP contribution in [0.15, 0.2) is 69.9 Å². The predicted octanol–water partition coefficient (Wildman–Crippen LogP) is 6.93. The summed E-state index contributed by atoms with van der Waals surface area (Å²) in [6.45, 7) is 8.52. The normalized spacial score (nSPS) is 15.4. The zero-order valence-electron chi connectivity index (χ0n) is 19.7. The Bertz CT molecular complexity index is 1470. The Morgan fingerprint density at radius 3 is 2.29 bits per heavy atom. The topological polar surface area (TPSA) is 50.5 Å². The molecule has 1 unspecified atom stereocenters. The van der Waals surface area contributed by atoms with Crippen LogP contribution in [0.4, 0.5) is 0 Å². The van der Waals surface area contributed by atoms with Crippen LogP contribution in [0, 0.1) is 13.8 Å². The summed E-state index contributed by atoms with van der Waals surface area (Å²) < 4.78 is 6.08. The number of halogens is 1. The van der Waals surface area contributed by atoms with Crippen molar-refractivity contribution >= 4 is 28.5 Å². The lowest BCUT2D eigenvalue weighted by molar-refractivity contribution is 0.0714. The molecule has 0 bridgehead atoms. The summed E-state index contributed by atoms with van der Waals surface area (Å²) in [5.74, 6) is 0.221. The Morgan fingerprint density at radius 1 is 0.971 bits per heavy atom. The minimum Gasteiger partial charge on any atom is -0.450 e. The molecule has 0 radical (unpaired) electrons. The second kappa shape index (κ2) is 8.44. The molecule has 4 aromatic rings. The van der Waals surface area contributed by atoms with Gasteiger partial charge in [-0.1, -0.05) is 79.5 Å². The van der Waals surface area contributed by atoms with E-state index in [1.807, 2.05) is 50.2 Å². The van der Waals surface area contributed by atoms with Crippen molar-refractivity contribution in [1.82, 2.24) is 4.90 Å². The molecule has 0 spiro atoms. The van der Waals surface area contributed by atoms with Crippen molar-refractivity contribution in [1.29, 1.82) is 0 Å². The SMILES string of the molecule is Cc1ccc(CN2C(=O)c3oc4cc(C)c(Cl)cc4c(=O)c3C2c2ccc(C(C)C)cc2)cc1. The van der Waals surface area contributed by atoms with Gasteiger partial charge >= 0.3 is 0 Å². The van der Waals surface area contributed by atoms with Gasteiger partial charge in [0, 0.05) is 11.6 Å². The number of nitrogens with zero attached hydrogens (tertiary/aromatic N) is 1. The van der Waals surface area contributed by atoms with E-state index in [0.717, 1.165) is 22.3 Å². The molecule has 2 heterocycles. The quantitative estimate of drug-likeness (QED) is 0.324. The van der Waals surface area contributed by atoms with Crippen LogP contribution < -0.4 is 5.43 Å². The molecule has 0 N–H and O–H groups in total. The Morgan fingerprint density at radius 2 is 1.65 bits per heavy atom. The van der Waals surface area contributed by atoms with E-state index >= 15 is 0 Å². The van der Waals surface area contributed by atoms with E-state index in [4.69, 9.17) is 16.0 Å². The van der Waals surface area contributed by atoms with Gasteiger partial charge in [-0.2, -0.15) is 0 Å². The number of benzene rings is 3. The van der Waals surface area contributed by atoms with E-state index in [1.54, 1.807) is 17.0 Å². The number of aryl methyl sites for hydroxylation is 2. The zero-order valence-corrected chi connectivity index (χ0v) is 20.4. The summed E-state index contributed by atoms with van der Waals surface area (Å²) in [5, 5.41) is 0.890. The molecule has 1 atom stereocenters. The summed E-state index contributed by atoms with van der Waals surface area (Å²) >= 11 is 6.33. The third-order valence-electron chi connectivity index (χ3n) is 6.64. The summed E-state index contributed by atoms with van der Waals surface area (Å²) in [6.07, 6.45) is 0. The van der Waals surface area contributed by atoms with Gasteiger partial charge in [0.2, 0.25) is 5.76 Å². The van der Waals surface area contributed by atoms with Gasteiger partial charge in [-0.15, -0.1) is 0 Å². The minimum atomic E-state index is -0.536. The fourth-order valence-corrected chi connectivity index (χ4v) is 4.77. The van der Waals surface area contributed by atoms with Gasteiger partial charge < -0.3 is 9.32 Å². The summed E-state index contributed by atoms with van der Waals surface area (Å²) in [4.78, 5) is 29.1. The first-order valence-corrected chi connectivity index (χ1v) is 11.9. The summed E-state index contributed by atoms with van der Waals surface area (Å²) in [7, 11) is 0. The Kier molecular flexibility index (Phi) is 5.57. The van der Waals surface area contributed by atoms with Gasteiger partial charge in [-0.25, -0.2) is 0 Å². The smallest absolute Gasteiger partial charge is 0.291 e. The highest BCUT2D eigenvalue weighted by atomic mass is 35.5. The molecule has 5 rings (SSSR count). The third-order valence-corrected chi connectivity index (χ3v) is 7.05. The highest BCUT2D eigenvalue weighted by Gasteiger charge is 2.42. The molecule has 0 saturated carbocycles. The molecule has 5 heteroatoms. The molecule has 1 amide bonds. The lowest BCUT2D eigenvalue weighted by atomic mass is 9.95. The number of hydrogen-bond donors (Lipinski definition) is 0. The third kappa shape index (κ3) is 3.72. The van der Waals surface area contributed by atoms with E-state index in [0.29, 0.717) is 34.0 Å². The van der Waals surface area contributed by atoms with Crippen molar-refractivity contribution in [2.75, 3.05) is 0 Å². The first-order valence-electron chi connectivity index (χ1n) is 11.5. The van der Waals surface area contributed by atoms with Gasteiger partial charge in [-0.05, 0) is 54.2 Å². The predicted molar refractivity (Wildman–Crippen MR) is 136 cm³/mol. The number of fused-ring (bicyclic) bond motifs is 2. The van der Waals surface area contributed by atoms with Crippen molar-refractivity contribution < 1.29 is 9.21 Å². The van der Waals surface area contributed by atoms with E-state index in [9.17, 15) is 9.59 Å². The lowest BCUT2D eigenvalue weighted by Crippen LogP contribution is -2.29. The highest BCUT2D eigenvalue weighted by molar-refractivity contribution is 6.32. The molecular formula is C29H26ClNO3. The summed E-state index contributed by atoms with van der Waals surface area (Å²) in [6, 6.07) is 19.1. The van der Waals surface area contributed by atoms with Gasteiger partial charge in [0.15, 0.2) is 5.43 Å². The number of carbonyl (C=O) groups excluding carboxylic acids is 1. The van der Waals surface area contributed by atoms with Crippen molar-refractivity contribution in [3.05, 3.63) is 115 Å². The van der Waals surface area contributed by atoms with E-state index in [2.05, 4.69) is 26.0 Å². The van der Waals surface area contributed by atoms with Crippen LogP contribution in [0.3, 0.4) is 0 Å². The Balaban J connectivity index is 1.71. The number of amides is 1. The minimum absolute atomic E-state index is 0.115. The Labute approximate surface area is 203 Å². The molecule has 172 valence electrons. The van der Waals surface area contributed by atoms with Crippen LogP contribution in [0.25, 0.3) is 11.0 Å². The molecule has 1 aromatic heterocycles. The molecule has 0 aliphatic carbocycles. The van der Waals surface area contributed by atoms with Crippen LogP contribution in [0.2, 0.25) is 5.02 Å². The van der Waals surface area contributed by atoms with Crippen LogP contribution in [0.5, 0.6) is 0 Å². The van der Waals surface area contributed by atoms with Gasteiger partial charge in [0.1, 0.15) is 5.58 Å². The lowest BCUT2D eigenvalue weighted by Gasteiger charge is -2.25. The fourth-order valence-electron chi connectivity index (χ4n) is 4.60. The standard InChI is InChI=1S/C29H26ClNO3/c1-16(2)20-9-11-21(12-10-20)26-25-27(32)22-14-23(30)18(4)13-24(22)34-28(25)29(33)31(26)15-19-7-5-17(3)6-8-19/h5-14,16,26H,15H2,1-4H3. The molecule has 1 aliphatic heterocycles. The van der Waals surface area contributed by atoms with Crippen LogP contribution in [-0.2, 0) is 6.54 Å². The number of rotatable bonds is 4. The van der Waals surface area contributed by atoms with E-state index < -0.39 is 6.04 Å². The van der Waals surface area contributed by atoms with Crippen LogP contribution >= 0.6 is 11.6 Å². The average molecular weight is 472 g/mol. The second-order valence-corrected chi connectivity index (χ2v) is 9.82. The van der Waals surface area contributed by atoms with Crippen molar-refractivity contribution in [3.63, 3.8) is 0 Å². The van der Waals surface area contributed by atoms with Crippen LogP contribution in [-0.4, -0.2) is 10.8 Å². The molecule has 3 aromatic carbocycles. The average Bonchev–Trinajstić information content (AvgIpc) is 3.08. The van der Waals surface area contributed by atoms with E-state index in [1.165, 1.54) is 5.56 Å².